The fourth-order valence-electron chi connectivity index (χ4n) is 2.09. The number of alkyl halides is 1. The van der Waals surface area contributed by atoms with Crippen LogP contribution in [0.5, 0.6) is 0 Å². The second-order valence-corrected chi connectivity index (χ2v) is 8.26. The molecule has 0 amide bonds. The minimum atomic E-state index is -1.02. The maximum Gasteiger partial charge on any atom is 0.122 e. The van der Waals surface area contributed by atoms with Crippen LogP contribution in [0.2, 0.25) is 0 Å². The minimum Gasteiger partial charge on any atom is -0.309 e. The second-order valence-electron chi connectivity index (χ2n) is 5.92. The van der Waals surface area contributed by atoms with E-state index >= 15 is 0 Å². The number of rotatable bonds is 5. The van der Waals surface area contributed by atoms with Crippen molar-refractivity contribution in [3.05, 3.63) is 11.3 Å². The highest BCUT2D eigenvalue weighted by molar-refractivity contribution is 7.84. The molecular weight excluding hydrogens is 266 g/mol. The molecule has 0 spiro atoms. The van der Waals surface area contributed by atoms with Crippen LogP contribution in [-0.4, -0.2) is 14.8 Å². The van der Waals surface area contributed by atoms with Crippen molar-refractivity contribution in [2.75, 3.05) is 5.88 Å². The molecule has 0 unspecified atom stereocenters. The van der Waals surface area contributed by atoms with Gasteiger partial charge in [0, 0.05) is 11.6 Å². The molecule has 106 valence electrons. The van der Waals surface area contributed by atoms with E-state index < -0.39 is 11.0 Å². The van der Waals surface area contributed by atoms with Crippen molar-refractivity contribution in [2.45, 2.75) is 70.5 Å². The van der Waals surface area contributed by atoms with Crippen molar-refractivity contribution in [3.8, 4) is 0 Å². The van der Waals surface area contributed by atoms with Crippen LogP contribution in [0.15, 0.2) is 11.3 Å². The van der Waals surface area contributed by atoms with Crippen molar-refractivity contribution in [1.82, 2.24) is 4.72 Å². The summed E-state index contributed by atoms with van der Waals surface area (Å²) in [7, 11) is -1.02. The maximum atomic E-state index is 12.2. The lowest BCUT2D eigenvalue weighted by atomic mass is 9.92. The lowest BCUT2D eigenvalue weighted by Gasteiger charge is -2.24. The van der Waals surface area contributed by atoms with E-state index in [1.54, 1.807) is 0 Å². The minimum absolute atomic E-state index is 0.221. The van der Waals surface area contributed by atoms with Crippen LogP contribution in [0, 0.1) is 0 Å². The molecule has 0 saturated heterocycles. The lowest BCUT2D eigenvalue weighted by Crippen LogP contribution is -2.33. The summed E-state index contributed by atoms with van der Waals surface area (Å²) in [6, 6.07) is 0. The number of nitrogens with one attached hydrogen (secondary N) is 1. The summed E-state index contributed by atoms with van der Waals surface area (Å²) in [4.78, 5) is 0. The van der Waals surface area contributed by atoms with E-state index in [1.165, 1.54) is 30.5 Å². The monoisotopic (exact) mass is 291 g/mol. The van der Waals surface area contributed by atoms with E-state index in [-0.39, 0.29) is 4.75 Å². The quantitative estimate of drug-likeness (QED) is 0.753. The number of allylic oxidation sites excluding steroid dienone is 2. The molecule has 1 atom stereocenters. The normalized spacial score (nSPS) is 18.6. The SMILES string of the molecule is CC(C)(C)[S@](=O)NC(CCCCl)=C1CCCCC1. The average molecular weight is 292 g/mol. The van der Waals surface area contributed by atoms with Crippen molar-refractivity contribution in [3.63, 3.8) is 0 Å². The van der Waals surface area contributed by atoms with Crippen LogP contribution in [0.25, 0.3) is 0 Å². The predicted molar refractivity (Wildman–Crippen MR) is 81.1 cm³/mol. The van der Waals surface area contributed by atoms with Crippen LogP contribution in [-0.2, 0) is 11.0 Å². The molecule has 0 radical (unpaired) electrons. The van der Waals surface area contributed by atoms with E-state index in [4.69, 9.17) is 11.6 Å². The Balaban J connectivity index is 2.74. The van der Waals surface area contributed by atoms with Gasteiger partial charge in [-0.25, -0.2) is 4.21 Å². The molecule has 1 fully saturated rings. The van der Waals surface area contributed by atoms with Gasteiger partial charge in [-0.2, -0.15) is 0 Å². The predicted octanol–water partition coefficient (Wildman–Crippen LogP) is 4.28. The first-order valence-corrected chi connectivity index (χ1v) is 8.59. The summed E-state index contributed by atoms with van der Waals surface area (Å²) < 4.78 is 15.2. The summed E-state index contributed by atoms with van der Waals surface area (Å²) >= 11 is 5.78. The lowest BCUT2D eigenvalue weighted by molar-refractivity contribution is 0.582. The Bertz CT molecular complexity index is 312. The molecule has 1 saturated carbocycles. The number of hydrogen-bond acceptors (Lipinski definition) is 1. The van der Waals surface area contributed by atoms with Crippen LogP contribution in [0.4, 0.5) is 0 Å². The first-order valence-electron chi connectivity index (χ1n) is 6.90. The molecule has 1 aliphatic rings. The number of halogens is 1. The molecule has 1 aliphatic carbocycles. The van der Waals surface area contributed by atoms with Gasteiger partial charge in [-0.1, -0.05) is 12.0 Å². The summed E-state index contributed by atoms with van der Waals surface area (Å²) in [5.74, 6) is 0.667. The molecule has 0 heterocycles. The van der Waals surface area contributed by atoms with Gasteiger partial charge in [-0.15, -0.1) is 11.6 Å². The molecule has 18 heavy (non-hydrogen) atoms. The van der Waals surface area contributed by atoms with Crippen LogP contribution >= 0.6 is 11.6 Å². The van der Waals surface area contributed by atoms with Gasteiger partial charge >= 0.3 is 0 Å². The summed E-state index contributed by atoms with van der Waals surface area (Å²) in [6.45, 7) is 6.00. The molecule has 0 aliphatic heterocycles. The Morgan fingerprint density at radius 3 is 2.39 bits per heavy atom. The highest BCUT2D eigenvalue weighted by Crippen LogP contribution is 2.27. The Morgan fingerprint density at radius 1 is 1.28 bits per heavy atom. The standard InChI is InChI=1S/C14H26ClNOS/c1-14(2,3)18(17)16-13(10-7-11-15)12-8-5-4-6-9-12/h16H,4-11H2,1-3H3/t18-/m0/s1. The molecule has 0 aromatic carbocycles. The first-order chi connectivity index (χ1) is 8.45. The molecule has 2 nitrogen and oxygen atoms in total. The smallest absolute Gasteiger partial charge is 0.122 e. The average Bonchev–Trinajstić information content (AvgIpc) is 2.34. The highest BCUT2D eigenvalue weighted by Gasteiger charge is 2.21. The Kier molecular flexibility index (Phi) is 6.72. The van der Waals surface area contributed by atoms with Crippen LogP contribution < -0.4 is 4.72 Å². The number of hydrogen-bond donors (Lipinski definition) is 1. The topological polar surface area (TPSA) is 29.1 Å². The third-order valence-corrected chi connectivity index (χ3v) is 5.03. The zero-order valence-corrected chi connectivity index (χ0v) is 13.4. The van der Waals surface area contributed by atoms with Gasteiger partial charge < -0.3 is 4.72 Å². The first kappa shape index (κ1) is 16.0. The largest absolute Gasteiger partial charge is 0.309 e. The molecule has 4 heteroatoms. The van der Waals surface area contributed by atoms with Crippen molar-refractivity contribution in [1.29, 1.82) is 0 Å². The zero-order chi connectivity index (χ0) is 13.6. The van der Waals surface area contributed by atoms with Crippen LogP contribution in [0.3, 0.4) is 0 Å². The molecule has 1 rings (SSSR count). The van der Waals surface area contributed by atoms with Gasteiger partial charge in [-0.3, -0.25) is 0 Å². The fraction of sp³-hybridized carbons (Fsp3) is 0.857. The van der Waals surface area contributed by atoms with Gasteiger partial charge in [0.25, 0.3) is 0 Å². The maximum absolute atomic E-state index is 12.2. The van der Waals surface area contributed by atoms with Gasteiger partial charge in [0.15, 0.2) is 0 Å². The highest BCUT2D eigenvalue weighted by atomic mass is 35.5. The summed E-state index contributed by atoms with van der Waals surface area (Å²) in [5, 5.41) is 0. The van der Waals surface area contributed by atoms with E-state index in [0.29, 0.717) is 5.88 Å². The molecular formula is C14H26ClNOS. The summed E-state index contributed by atoms with van der Waals surface area (Å²) in [6.07, 6.45) is 8.06. The fourth-order valence-corrected chi connectivity index (χ4v) is 3.00. The van der Waals surface area contributed by atoms with Gasteiger partial charge in [0.1, 0.15) is 11.0 Å². The Hall–Kier alpha value is -0.0200. The van der Waals surface area contributed by atoms with E-state index in [0.717, 1.165) is 25.7 Å². The molecule has 0 bridgehead atoms. The Labute approximate surface area is 119 Å². The molecule has 1 N–H and O–H groups in total. The van der Waals surface area contributed by atoms with Crippen LogP contribution in [0.1, 0.15) is 65.7 Å². The third kappa shape index (κ3) is 5.31. The van der Waals surface area contributed by atoms with Crippen molar-refractivity contribution >= 4 is 22.6 Å². The van der Waals surface area contributed by atoms with Crippen molar-refractivity contribution in [2.24, 2.45) is 0 Å². The molecule has 0 aromatic rings. The van der Waals surface area contributed by atoms with E-state index in [9.17, 15) is 4.21 Å². The Morgan fingerprint density at radius 2 is 1.89 bits per heavy atom. The molecule has 0 aromatic heterocycles. The van der Waals surface area contributed by atoms with Gasteiger partial charge in [0.05, 0.1) is 4.75 Å². The van der Waals surface area contributed by atoms with Gasteiger partial charge in [-0.05, 0) is 59.3 Å². The third-order valence-electron chi connectivity index (χ3n) is 3.22. The van der Waals surface area contributed by atoms with Gasteiger partial charge in [0.2, 0.25) is 0 Å². The zero-order valence-electron chi connectivity index (χ0n) is 11.9. The van der Waals surface area contributed by atoms with Crippen molar-refractivity contribution < 1.29 is 4.21 Å². The van der Waals surface area contributed by atoms with E-state index in [2.05, 4.69) is 4.72 Å². The second kappa shape index (κ2) is 7.54. The summed E-state index contributed by atoms with van der Waals surface area (Å²) in [5.41, 5.74) is 2.67. The van der Waals surface area contributed by atoms with E-state index in [1.807, 2.05) is 20.8 Å².